The summed E-state index contributed by atoms with van der Waals surface area (Å²) in [7, 11) is -4.86. The van der Waals surface area contributed by atoms with Gasteiger partial charge in [-0.25, -0.2) is 9.59 Å². The number of hydrogen-bond donors (Lipinski definition) is 1. The van der Waals surface area contributed by atoms with Gasteiger partial charge in [-0.15, -0.1) is 4.28 Å². The molecule has 0 aliphatic carbocycles. The highest BCUT2D eigenvalue weighted by Gasteiger charge is 2.50. The third-order valence-electron chi connectivity index (χ3n) is 3.74. The van der Waals surface area contributed by atoms with Crippen molar-refractivity contribution in [3.05, 3.63) is 11.7 Å². The zero-order valence-corrected chi connectivity index (χ0v) is 13.3. The summed E-state index contributed by atoms with van der Waals surface area (Å²) >= 11 is 0. The molecule has 2 fully saturated rings. The van der Waals surface area contributed by atoms with E-state index in [4.69, 9.17) is 13.8 Å². The van der Waals surface area contributed by atoms with Crippen LogP contribution in [-0.4, -0.2) is 70.8 Å². The van der Waals surface area contributed by atoms with Crippen molar-refractivity contribution in [1.82, 2.24) is 20.1 Å². The van der Waals surface area contributed by atoms with Gasteiger partial charge in [0, 0.05) is 19.0 Å². The maximum Gasteiger partial charge on any atom is 0.418 e. The van der Waals surface area contributed by atoms with Crippen LogP contribution in [-0.2, 0) is 19.4 Å². The average molecular weight is 362 g/mol. The van der Waals surface area contributed by atoms with Gasteiger partial charge in [-0.3, -0.25) is 4.55 Å². The summed E-state index contributed by atoms with van der Waals surface area (Å²) in [6.07, 6.45) is 0.406. The van der Waals surface area contributed by atoms with Crippen LogP contribution in [0.5, 0.6) is 0 Å². The average Bonchev–Trinajstić information content (AvgIpc) is 3.08. The fourth-order valence-corrected chi connectivity index (χ4v) is 3.15. The first-order valence-electron chi connectivity index (χ1n) is 7.06. The number of carbonyl (C=O) groups is 2. The molecule has 13 heteroatoms. The molecule has 132 valence electrons. The smallest absolute Gasteiger partial charge is 0.418 e. The molecule has 0 unspecified atom stereocenters. The summed E-state index contributed by atoms with van der Waals surface area (Å²) in [6, 6.07) is -1.44. The summed E-state index contributed by atoms with van der Waals surface area (Å²) in [5.41, 5.74) is 0. The van der Waals surface area contributed by atoms with Crippen LogP contribution in [0.4, 0.5) is 4.79 Å². The van der Waals surface area contributed by atoms with Crippen LogP contribution in [0.1, 0.15) is 35.8 Å². The SMILES string of the molecule is CCOC(=O)c1nc([C@@H]2CCN3C[C@@H]2N(OS(=O)(=O)O)C3=O)no1. The second kappa shape index (κ2) is 5.99. The lowest BCUT2D eigenvalue weighted by Gasteiger charge is -2.27. The molecule has 1 N–H and O–H groups in total. The van der Waals surface area contributed by atoms with E-state index in [0.29, 0.717) is 18.0 Å². The van der Waals surface area contributed by atoms with E-state index < -0.39 is 34.4 Å². The quantitative estimate of drug-likeness (QED) is 0.539. The number of aromatic nitrogens is 2. The number of hydroxylamine groups is 2. The standard InChI is InChI=1S/C11H14N4O8S/c1-2-21-10(16)9-12-8(13-22-9)6-3-4-14-5-7(6)15(11(14)17)23-24(18,19)20/h6-7H,2-5H2,1H3,(H,18,19,20)/t6-,7+/m1/s1. The number of nitrogens with zero attached hydrogens (tertiary/aromatic N) is 4. The van der Waals surface area contributed by atoms with E-state index in [1.165, 1.54) is 4.90 Å². The zero-order chi connectivity index (χ0) is 17.5. The topological polar surface area (TPSA) is 152 Å². The number of rotatable bonds is 5. The molecular formula is C11H14N4O8S. The molecule has 2 atom stereocenters. The minimum absolute atomic E-state index is 0.126. The summed E-state index contributed by atoms with van der Waals surface area (Å²) in [6.45, 7) is 2.25. The van der Waals surface area contributed by atoms with Crippen molar-refractivity contribution in [3.8, 4) is 0 Å². The van der Waals surface area contributed by atoms with Crippen molar-refractivity contribution in [3.63, 3.8) is 0 Å². The molecule has 0 spiro atoms. The van der Waals surface area contributed by atoms with Gasteiger partial charge in [0.1, 0.15) is 0 Å². The number of amides is 2. The number of piperidine rings is 1. The van der Waals surface area contributed by atoms with Gasteiger partial charge in [-0.1, -0.05) is 5.16 Å². The van der Waals surface area contributed by atoms with Crippen molar-refractivity contribution >= 4 is 22.4 Å². The van der Waals surface area contributed by atoms with Crippen molar-refractivity contribution in [2.24, 2.45) is 0 Å². The van der Waals surface area contributed by atoms with Gasteiger partial charge in [-0.05, 0) is 13.3 Å². The molecule has 2 aliphatic rings. The zero-order valence-electron chi connectivity index (χ0n) is 12.5. The van der Waals surface area contributed by atoms with Crippen LogP contribution in [0.25, 0.3) is 0 Å². The van der Waals surface area contributed by atoms with E-state index in [9.17, 15) is 18.0 Å². The molecule has 3 rings (SSSR count). The Morgan fingerprint density at radius 2 is 2.25 bits per heavy atom. The summed E-state index contributed by atoms with van der Waals surface area (Å²) in [5, 5.41) is 4.28. The molecule has 2 amide bonds. The predicted molar refractivity (Wildman–Crippen MR) is 72.8 cm³/mol. The van der Waals surface area contributed by atoms with Crippen LogP contribution in [0.15, 0.2) is 4.52 Å². The first-order valence-corrected chi connectivity index (χ1v) is 8.42. The summed E-state index contributed by atoms with van der Waals surface area (Å²) in [5.74, 6) is -1.51. The molecule has 1 aromatic heterocycles. The molecule has 1 aromatic rings. The first-order chi connectivity index (χ1) is 11.3. The number of esters is 1. The molecule has 2 aliphatic heterocycles. The number of urea groups is 1. The number of hydrogen-bond acceptors (Lipinski definition) is 9. The Kier molecular flexibility index (Phi) is 4.15. The van der Waals surface area contributed by atoms with E-state index in [-0.39, 0.29) is 24.9 Å². The van der Waals surface area contributed by atoms with Gasteiger partial charge in [0.25, 0.3) is 0 Å². The second-order valence-corrected chi connectivity index (χ2v) is 6.20. The van der Waals surface area contributed by atoms with Crippen LogP contribution in [0, 0.1) is 0 Å². The van der Waals surface area contributed by atoms with E-state index in [1.54, 1.807) is 6.92 Å². The second-order valence-electron chi connectivity index (χ2n) is 5.20. The molecule has 24 heavy (non-hydrogen) atoms. The van der Waals surface area contributed by atoms with Gasteiger partial charge in [0.05, 0.1) is 12.6 Å². The summed E-state index contributed by atoms with van der Waals surface area (Å²) < 4.78 is 44.7. The third-order valence-corrected chi connectivity index (χ3v) is 4.09. The van der Waals surface area contributed by atoms with Gasteiger partial charge in [0.15, 0.2) is 5.82 Å². The minimum Gasteiger partial charge on any atom is -0.459 e. The van der Waals surface area contributed by atoms with Crippen molar-refractivity contribution in [2.45, 2.75) is 25.3 Å². The normalized spacial score (nSPS) is 23.7. The molecule has 0 saturated carbocycles. The fourth-order valence-electron chi connectivity index (χ4n) is 2.78. The Bertz CT molecular complexity index is 762. The lowest BCUT2D eigenvalue weighted by atomic mass is 9.93. The lowest BCUT2D eigenvalue weighted by molar-refractivity contribution is -0.0379. The molecule has 0 aromatic carbocycles. The van der Waals surface area contributed by atoms with Crippen LogP contribution in [0.2, 0.25) is 0 Å². The fraction of sp³-hybridized carbons (Fsp3) is 0.636. The highest BCUT2D eigenvalue weighted by atomic mass is 32.3. The molecule has 12 nitrogen and oxygen atoms in total. The Balaban J connectivity index is 1.84. The van der Waals surface area contributed by atoms with Crippen molar-refractivity contribution in [1.29, 1.82) is 0 Å². The Morgan fingerprint density at radius 1 is 1.50 bits per heavy atom. The largest absolute Gasteiger partial charge is 0.459 e. The van der Waals surface area contributed by atoms with E-state index >= 15 is 0 Å². The van der Waals surface area contributed by atoms with Crippen molar-refractivity contribution < 1.29 is 36.1 Å². The monoisotopic (exact) mass is 362 g/mol. The van der Waals surface area contributed by atoms with E-state index in [1.807, 2.05) is 0 Å². The Morgan fingerprint density at radius 3 is 2.92 bits per heavy atom. The highest BCUT2D eigenvalue weighted by Crippen LogP contribution is 2.36. The maximum atomic E-state index is 12.1. The summed E-state index contributed by atoms with van der Waals surface area (Å²) in [4.78, 5) is 29.0. The lowest BCUT2D eigenvalue weighted by Crippen LogP contribution is -2.40. The molecule has 0 radical (unpaired) electrons. The van der Waals surface area contributed by atoms with Crippen LogP contribution >= 0.6 is 0 Å². The third kappa shape index (κ3) is 3.05. The minimum atomic E-state index is -4.86. The highest BCUT2D eigenvalue weighted by molar-refractivity contribution is 7.80. The first kappa shape index (κ1) is 16.6. The van der Waals surface area contributed by atoms with Gasteiger partial charge in [-0.2, -0.15) is 18.5 Å². The van der Waals surface area contributed by atoms with Gasteiger partial charge >= 0.3 is 28.3 Å². The predicted octanol–water partition coefficient (Wildman–Crippen LogP) is -0.426. The van der Waals surface area contributed by atoms with Crippen molar-refractivity contribution in [2.75, 3.05) is 19.7 Å². The Hall–Kier alpha value is -2.25. The van der Waals surface area contributed by atoms with E-state index in [2.05, 4.69) is 14.4 Å². The van der Waals surface area contributed by atoms with Crippen LogP contribution < -0.4 is 0 Å². The van der Waals surface area contributed by atoms with Crippen LogP contribution in [0.3, 0.4) is 0 Å². The molecule has 2 bridgehead atoms. The van der Waals surface area contributed by atoms with E-state index in [0.717, 1.165) is 0 Å². The molecular weight excluding hydrogens is 348 g/mol. The molecule has 3 heterocycles. The van der Waals surface area contributed by atoms with Gasteiger partial charge < -0.3 is 14.2 Å². The van der Waals surface area contributed by atoms with Gasteiger partial charge in [0.2, 0.25) is 0 Å². The number of carbonyl (C=O) groups excluding carboxylic acids is 2. The molecule has 2 saturated heterocycles. The number of fused-ring (bicyclic) bond motifs is 2. The maximum absolute atomic E-state index is 12.1. The Labute approximate surface area is 136 Å². The number of ether oxygens (including phenoxy) is 1.